The average Bonchev–Trinajstić information content (AvgIpc) is 3.31. The smallest absolute Gasteiger partial charge is 0.223 e. The Morgan fingerprint density at radius 3 is 2.73 bits per heavy atom. The predicted octanol–water partition coefficient (Wildman–Crippen LogP) is 3.36. The number of nitrogens with one attached hydrogen (secondary N) is 1. The SMILES string of the molecule is COCCN1C(=O)C[C@@H](CN[C@H](C)Cc2ccccc2F)[C@@H]1c1cnn(C(C)C)c1. The summed E-state index contributed by atoms with van der Waals surface area (Å²) >= 11 is 0. The van der Waals surface area contributed by atoms with Gasteiger partial charge >= 0.3 is 0 Å². The van der Waals surface area contributed by atoms with Crippen LogP contribution in [0, 0.1) is 11.7 Å². The van der Waals surface area contributed by atoms with Crippen molar-refractivity contribution in [3.63, 3.8) is 0 Å². The average molecular weight is 417 g/mol. The number of aromatic nitrogens is 2. The molecule has 1 aromatic heterocycles. The van der Waals surface area contributed by atoms with Crippen molar-refractivity contribution in [1.82, 2.24) is 20.0 Å². The van der Waals surface area contributed by atoms with E-state index in [1.807, 2.05) is 34.1 Å². The molecule has 1 aliphatic rings. The van der Waals surface area contributed by atoms with Crippen molar-refractivity contribution in [3.05, 3.63) is 53.6 Å². The number of halogens is 1. The summed E-state index contributed by atoms with van der Waals surface area (Å²) in [6.45, 7) is 7.98. The molecule has 0 saturated carbocycles. The number of benzene rings is 1. The molecule has 7 heteroatoms. The van der Waals surface area contributed by atoms with Crippen LogP contribution in [0.3, 0.4) is 0 Å². The van der Waals surface area contributed by atoms with Crippen LogP contribution in [0.25, 0.3) is 0 Å². The molecule has 0 bridgehead atoms. The van der Waals surface area contributed by atoms with Gasteiger partial charge in [-0.15, -0.1) is 0 Å². The fraction of sp³-hybridized carbons (Fsp3) is 0.565. The van der Waals surface area contributed by atoms with E-state index in [1.165, 1.54) is 6.07 Å². The predicted molar refractivity (Wildman–Crippen MR) is 115 cm³/mol. The number of ether oxygens (including phenoxy) is 1. The van der Waals surface area contributed by atoms with Gasteiger partial charge in [-0.05, 0) is 38.8 Å². The van der Waals surface area contributed by atoms with Crippen LogP contribution in [-0.4, -0.2) is 53.4 Å². The molecule has 3 rings (SSSR count). The van der Waals surface area contributed by atoms with E-state index >= 15 is 0 Å². The highest BCUT2D eigenvalue weighted by atomic mass is 19.1. The van der Waals surface area contributed by atoms with E-state index in [1.54, 1.807) is 13.2 Å². The first kappa shape index (κ1) is 22.4. The third-order valence-corrected chi connectivity index (χ3v) is 5.78. The topological polar surface area (TPSA) is 59.4 Å². The van der Waals surface area contributed by atoms with Crippen LogP contribution < -0.4 is 5.32 Å². The van der Waals surface area contributed by atoms with Crippen LogP contribution in [0.1, 0.15) is 50.4 Å². The molecular formula is C23H33FN4O2. The van der Waals surface area contributed by atoms with Crippen molar-refractivity contribution >= 4 is 5.91 Å². The second-order valence-corrected chi connectivity index (χ2v) is 8.44. The van der Waals surface area contributed by atoms with Gasteiger partial charge in [0.2, 0.25) is 5.91 Å². The largest absolute Gasteiger partial charge is 0.383 e. The molecule has 2 heterocycles. The molecule has 0 unspecified atom stereocenters. The number of carbonyl (C=O) groups excluding carboxylic acids is 1. The second-order valence-electron chi connectivity index (χ2n) is 8.44. The molecule has 1 saturated heterocycles. The summed E-state index contributed by atoms with van der Waals surface area (Å²) in [6, 6.07) is 7.21. The van der Waals surface area contributed by atoms with Crippen LogP contribution in [0.2, 0.25) is 0 Å². The lowest BCUT2D eigenvalue weighted by Crippen LogP contribution is -2.36. The lowest BCUT2D eigenvalue weighted by atomic mass is 9.95. The van der Waals surface area contributed by atoms with E-state index in [9.17, 15) is 9.18 Å². The number of hydrogen-bond acceptors (Lipinski definition) is 4. The maximum atomic E-state index is 14.0. The van der Waals surface area contributed by atoms with Gasteiger partial charge in [-0.25, -0.2) is 4.39 Å². The third kappa shape index (κ3) is 5.26. The van der Waals surface area contributed by atoms with Gasteiger partial charge in [0, 0.05) is 56.4 Å². The summed E-state index contributed by atoms with van der Waals surface area (Å²) in [5, 5.41) is 8.00. The maximum Gasteiger partial charge on any atom is 0.223 e. The third-order valence-electron chi connectivity index (χ3n) is 5.78. The number of amides is 1. The van der Waals surface area contributed by atoms with E-state index < -0.39 is 0 Å². The molecule has 164 valence electrons. The number of rotatable bonds is 10. The maximum absolute atomic E-state index is 14.0. The quantitative estimate of drug-likeness (QED) is 0.645. The molecular weight excluding hydrogens is 383 g/mol. The van der Waals surface area contributed by atoms with Crippen molar-refractivity contribution in [1.29, 1.82) is 0 Å². The number of likely N-dealkylation sites (tertiary alicyclic amines) is 1. The molecule has 1 aliphatic heterocycles. The minimum Gasteiger partial charge on any atom is -0.383 e. The van der Waals surface area contributed by atoms with Gasteiger partial charge in [-0.3, -0.25) is 9.48 Å². The van der Waals surface area contributed by atoms with Crippen molar-refractivity contribution in [2.24, 2.45) is 5.92 Å². The van der Waals surface area contributed by atoms with Gasteiger partial charge < -0.3 is 15.0 Å². The molecule has 3 atom stereocenters. The molecule has 1 fully saturated rings. The summed E-state index contributed by atoms with van der Waals surface area (Å²) in [5.74, 6) is 0.0945. The first-order valence-electron chi connectivity index (χ1n) is 10.7. The van der Waals surface area contributed by atoms with Crippen molar-refractivity contribution in [2.45, 2.75) is 51.7 Å². The second kappa shape index (κ2) is 10.2. The lowest BCUT2D eigenvalue weighted by Gasteiger charge is -2.28. The Balaban J connectivity index is 1.70. The summed E-state index contributed by atoms with van der Waals surface area (Å²) < 4.78 is 21.1. The normalized spacial score (nSPS) is 20.3. The lowest BCUT2D eigenvalue weighted by molar-refractivity contribution is -0.129. The van der Waals surface area contributed by atoms with Gasteiger partial charge in [0.05, 0.1) is 18.8 Å². The Kier molecular flexibility index (Phi) is 7.61. The van der Waals surface area contributed by atoms with Crippen LogP contribution in [-0.2, 0) is 16.0 Å². The zero-order valence-corrected chi connectivity index (χ0v) is 18.3. The van der Waals surface area contributed by atoms with Crippen molar-refractivity contribution < 1.29 is 13.9 Å². The molecule has 0 aliphatic carbocycles. The summed E-state index contributed by atoms with van der Waals surface area (Å²) in [4.78, 5) is 14.7. The molecule has 1 aromatic carbocycles. The first-order chi connectivity index (χ1) is 14.4. The zero-order valence-electron chi connectivity index (χ0n) is 18.3. The van der Waals surface area contributed by atoms with Crippen molar-refractivity contribution in [2.75, 3.05) is 26.8 Å². The Bertz CT molecular complexity index is 838. The van der Waals surface area contributed by atoms with Crippen LogP contribution in [0.15, 0.2) is 36.7 Å². The van der Waals surface area contributed by atoms with Gasteiger partial charge in [-0.1, -0.05) is 18.2 Å². The molecule has 1 amide bonds. The molecule has 30 heavy (non-hydrogen) atoms. The molecule has 6 nitrogen and oxygen atoms in total. The summed E-state index contributed by atoms with van der Waals surface area (Å²) in [5.41, 5.74) is 1.76. The first-order valence-corrected chi connectivity index (χ1v) is 10.7. The van der Waals surface area contributed by atoms with Crippen LogP contribution >= 0.6 is 0 Å². The minimum atomic E-state index is -0.174. The summed E-state index contributed by atoms with van der Waals surface area (Å²) in [6.07, 6.45) is 5.01. The number of methoxy groups -OCH3 is 1. The molecule has 2 aromatic rings. The van der Waals surface area contributed by atoms with Crippen LogP contribution in [0.4, 0.5) is 4.39 Å². The highest BCUT2D eigenvalue weighted by Gasteiger charge is 2.41. The monoisotopic (exact) mass is 416 g/mol. The van der Waals surface area contributed by atoms with E-state index in [0.29, 0.717) is 38.1 Å². The van der Waals surface area contributed by atoms with E-state index in [-0.39, 0.29) is 35.8 Å². The highest BCUT2D eigenvalue weighted by Crippen LogP contribution is 2.37. The number of nitrogens with zero attached hydrogens (tertiary/aromatic N) is 3. The number of carbonyl (C=O) groups is 1. The Morgan fingerprint density at radius 2 is 2.07 bits per heavy atom. The van der Waals surface area contributed by atoms with E-state index in [4.69, 9.17) is 4.74 Å². The Hall–Kier alpha value is -2.25. The van der Waals surface area contributed by atoms with E-state index in [0.717, 1.165) is 5.56 Å². The zero-order chi connectivity index (χ0) is 21.7. The van der Waals surface area contributed by atoms with Crippen molar-refractivity contribution in [3.8, 4) is 0 Å². The molecule has 0 spiro atoms. The van der Waals surface area contributed by atoms with Gasteiger partial charge in [0.1, 0.15) is 5.82 Å². The minimum absolute atomic E-state index is 0.0340. The van der Waals surface area contributed by atoms with Gasteiger partial charge in [-0.2, -0.15) is 5.10 Å². The standard InChI is InChI=1S/C23H33FN4O2/c1-16(2)28-15-20(14-26-28)23-19(12-22(29)27(23)9-10-30-4)13-25-17(3)11-18-7-5-6-8-21(18)24/h5-8,14-17,19,23,25H,9-13H2,1-4H3/t17-,19+,23-/m1/s1. The summed E-state index contributed by atoms with van der Waals surface area (Å²) in [7, 11) is 1.65. The highest BCUT2D eigenvalue weighted by molar-refractivity contribution is 5.79. The fourth-order valence-electron chi connectivity index (χ4n) is 4.16. The van der Waals surface area contributed by atoms with Crippen LogP contribution in [0.5, 0.6) is 0 Å². The Morgan fingerprint density at radius 1 is 1.30 bits per heavy atom. The molecule has 0 radical (unpaired) electrons. The fourth-order valence-corrected chi connectivity index (χ4v) is 4.16. The molecule has 1 N–H and O–H groups in total. The van der Waals surface area contributed by atoms with Gasteiger partial charge in [0.25, 0.3) is 0 Å². The van der Waals surface area contributed by atoms with E-state index in [2.05, 4.69) is 31.2 Å². The Labute approximate surface area is 178 Å². The van der Waals surface area contributed by atoms with Gasteiger partial charge in [0.15, 0.2) is 0 Å². The number of hydrogen-bond donors (Lipinski definition) is 1.